The number of aromatic nitrogens is 1. The summed E-state index contributed by atoms with van der Waals surface area (Å²) in [5.74, 6) is -0.908. The molecule has 0 amide bonds. The number of hydrogen-bond acceptors (Lipinski definition) is 4. The number of aromatic carboxylic acids is 1. The van der Waals surface area contributed by atoms with Crippen molar-refractivity contribution in [2.24, 2.45) is 0 Å². The van der Waals surface area contributed by atoms with Crippen LogP contribution in [0.2, 0.25) is 0 Å². The van der Waals surface area contributed by atoms with E-state index in [1.165, 1.54) is 4.88 Å². The van der Waals surface area contributed by atoms with Crippen LogP contribution < -0.4 is 5.32 Å². The van der Waals surface area contributed by atoms with E-state index >= 15 is 0 Å². The number of carboxylic acid groups (broad SMARTS) is 1. The number of nitrogens with zero attached hydrogens (tertiary/aromatic N) is 1. The molecule has 19 heavy (non-hydrogen) atoms. The Balaban J connectivity index is 2.08. The van der Waals surface area contributed by atoms with E-state index in [9.17, 15) is 4.79 Å². The van der Waals surface area contributed by atoms with Gasteiger partial charge >= 0.3 is 5.97 Å². The SMILES string of the molecule is CCc1cnc(CNc2cc(C)cc(C(=O)O)c2)s1. The van der Waals surface area contributed by atoms with Crippen LogP contribution in [0.15, 0.2) is 24.4 Å². The summed E-state index contributed by atoms with van der Waals surface area (Å²) in [5, 5.41) is 13.2. The molecular formula is C14H16N2O2S. The van der Waals surface area contributed by atoms with E-state index in [0.717, 1.165) is 22.7 Å². The van der Waals surface area contributed by atoms with Gasteiger partial charge in [0, 0.05) is 16.8 Å². The summed E-state index contributed by atoms with van der Waals surface area (Å²) >= 11 is 1.68. The second kappa shape index (κ2) is 5.84. The van der Waals surface area contributed by atoms with Crippen LogP contribution in [0.5, 0.6) is 0 Å². The highest BCUT2D eigenvalue weighted by molar-refractivity contribution is 7.11. The van der Waals surface area contributed by atoms with E-state index in [1.807, 2.05) is 19.2 Å². The van der Waals surface area contributed by atoms with Gasteiger partial charge in [-0.1, -0.05) is 6.92 Å². The van der Waals surface area contributed by atoms with E-state index in [4.69, 9.17) is 5.11 Å². The van der Waals surface area contributed by atoms with E-state index < -0.39 is 5.97 Å². The smallest absolute Gasteiger partial charge is 0.335 e. The van der Waals surface area contributed by atoms with Gasteiger partial charge in [0.1, 0.15) is 5.01 Å². The maximum atomic E-state index is 11.0. The first kappa shape index (κ1) is 13.5. The molecule has 0 aliphatic rings. The minimum atomic E-state index is -0.908. The van der Waals surface area contributed by atoms with Gasteiger partial charge in [-0.05, 0) is 37.1 Å². The average Bonchev–Trinajstić information content (AvgIpc) is 2.83. The molecule has 1 aromatic heterocycles. The van der Waals surface area contributed by atoms with Gasteiger partial charge in [0.25, 0.3) is 0 Å². The maximum Gasteiger partial charge on any atom is 0.335 e. The molecule has 100 valence electrons. The molecule has 0 aliphatic carbocycles. The molecule has 0 atom stereocenters. The van der Waals surface area contributed by atoms with Crippen molar-refractivity contribution in [3.63, 3.8) is 0 Å². The molecule has 0 fully saturated rings. The standard InChI is InChI=1S/C14H16N2O2S/c1-3-12-7-16-13(19-12)8-15-11-5-9(2)4-10(6-11)14(17)18/h4-7,15H,3,8H2,1-2H3,(H,17,18). The number of benzene rings is 1. The zero-order valence-corrected chi connectivity index (χ0v) is 11.8. The molecule has 1 heterocycles. The first-order valence-electron chi connectivity index (χ1n) is 6.11. The van der Waals surface area contributed by atoms with Crippen LogP contribution in [0, 0.1) is 6.92 Å². The van der Waals surface area contributed by atoms with Gasteiger partial charge in [-0.15, -0.1) is 11.3 Å². The fraction of sp³-hybridized carbons (Fsp3) is 0.286. The third-order valence-electron chi connectivity index (χ3n) is 2.72. The maximum absolute atomic E-state index is 11.0. The largest absolute Gasteiger partial charge is 0.478 e. The summed E-state index contributed by atoms with van der Waals surface area (Å²) in [6.07, 6.45) is 2.88. The molecule has 0 saturated heterocycles. The number of anilines is 1. The Bertz CT molecular complexity index is 593. The Labute approximate surface area is 116 Å². The molecule has 0 saturated carbocycles. The molecule has 1 aromatic carbocycles. The Morgan fingerprint density at radius 2 is 2.21 bits per heavy atom. The number of nitrogens with one attached hydrogen (secondary N) is 1. The van der Waals surface area contributed by atoms with Gasteiger partial charge in [0.2, 0.25) is 0 Å². The van der Waals surface area contributed by atoms with Gasteiger partial charge in [-0.25, -0.2) is 9.78 Å². The zero-order chi connectivity index (χ0) is 13.8. The minimum Gasteiger partial charge on any atom is -0.478 e. The molecule has 0 aliphatic heterocycles. The third-order valence-corrected chi connectivity index (χ3v) is 3.86. The van der Waals surface area contributed by atoms with Gasteiger partial charge in [0.05, 0.1) is 12.1 Å². The Morgan fingerprint density at radius 1 is 1.42 bits per heavy atom. The van der Waals surface area contributed by atoms with Crippen LogP contribution in [0.1, 0.15) is 32.7 Å². The summed E-state index contributed by atoms with van der Waals surface area (Å²) in [7, 11) is 0. The highest BCUT2D eigenvalue weighted by Crippen LogP contribution is 2.18. The number of thiazole rings is 1. The number of carbonyl (C=O) groups is 1. The van der Waals surface area contributed by atoms with Gasteiger partial charge in [0.15, 0.2) is 0 Å². The quantitative estimate of drug-likeness (QED) is 0.879. The number of rotatable bonds is 5. The van der Waals surface area contributed by atoms with Crippen molar-refractivity contribution >= 4 is 23.0 Å². The lowest BCUT2D eigenvalue weighted by Crippen LogP contribution is -2.02. The minimum absolute atomic E-state index is 0.302. The highest BCUT2D eigenvalue weighted by Gasteiger charge is 2.06. The predicted molar refractivity (Wildman–Crippen MR) is 77.0 cm³/mol. The van der Waals surface area contributed by atoms with Crippen molar-refractivity contribution in [3.05, 3.63) is 45.4 Å². The molecule has 0 unspecified atom stereocenters. The lowest BCUT2D eigenvalue weighted by Gasteiger charge is -2.07. The number of carboxylic acids is 1. The average molecular weight is 276 g/mol. The van der Waals surface area contributed by atoms with Gasteiger partial charge < -0.3 is 10.4 Å². The second-order valence-electron chi connectivity index (χ2n) is 4.32. The predicted octanol–water partition coefficient (Wildman–Crippen LogP) is 3.32. The van der Waals surface area contributed by atoms with Crippen molar-refractivity contribution in [2.45, 2.75) is 26.8 Å². The van der Waals surface area contributed by atoms with E-state index in [1.54, 1.807) is 23.5 Å². The number of hydrogen-bond donors (Lipinski definition) is 2. The Kier molecular flexibility index (Phi) is 4.16. The number of aryl methyl sites for hydroxylation is 2. The van der Waals surface area contributed by atoms with Crippen LogP contribution in [-0.2, 0) is 13.0 Å². The summed E-state index contributed by atoms with van der Waals surface area (Å²) in [5.41, 5.74) is 2.04. The molecule has 2 N–H and O–H groups in total. The topological polar surface area (TPSA) is 62.2 Å². The van der Waals surface area contributed by atoms with Crippen LogP contribution in [0.25, 0.3) is 0 Å². The highest BCUT2D eigenvalue weighted by atomic mass is 32.1. The van der Waals surface area contributed by atoms with Gasteiger partial charge in [-0.2, -0.15) is 0 Å². The molecule has 2 rings (SSSR count). The summed E-state index contributed by atoms with van der Waals surface area (Å²) in [6, 6.07) is 5.23. The first-order chi connectivity index (χ1) is 9.08. The lowest BCUT2D eigenvalue weighted by molar-refractivity contribution is 0.0697. The third kappa shape index (κ3) is 3.54. The van der Waals surface area contributed by atoms with E-state index in [0.29, 0.717) is 12.1 Å². The molecule has 0 radical (unpaired) electrons. The molecule has 4 nitrogen and oxygen atoms in total. The van der Waals surface area contributed by atoms with Crippen LogP contribution >= 0.6 is 11.3 Å². The van der Waals surface area contributed by atoms with Gasteiger partial charge in [-0.3, -0.25) is 0 Å². The van der Waals surface area contributed by atoms with Crippen molar-refractivity contribution in [3.8, 4) is 0 Å². The summed E-state index contributed by atoms with van der Waals surface area (Å²) in [6.45, 7) is 4.60. The fourth-order valence-corrected chi connectivity index (χ4v) is 2.58. The molecule has 0 bridgehead atoms. The fourth-order valence-electron chi connectivity index (χ4n) is 1.78. The normalized spacial score (nSPS) is 10.4. The molecule has 0 spiro atoms. The lowest BCUT2D eigenvalue weighted by atomic mass is 10.1. The first-order valence-corrected chi connectivity index (χ1v) is 6.92. The summed E-state index contributed by atoms with van der Waals surface area (Å²) in [4.78, 5) is 16.6. The second-order valence-corrected chi connectivity index (χ2v) is 5.52. The van der Waals surface area contributed by atoms with Crippen LogP contribution in [0.3, 0.4) is 0 Å². The van der Waals surface area contributed by atoms with Crippen molar-refractivity contribution in [1.82, 2.24) is 4.98 Å². The van der Waals surface area contributed by atoms with Crippen molar-refractivity contribution in [1.29, 1.82) is 0 Å². The van der Waals surface area contributed by atoms with Crippen LogP contribution in [-0.4, -0.2) is 16.1 Å². The molecular weight excluding hydrogens is 260 g/mol. The zero-order valence-electron chi connectivity index (χ0n) is 10.9. The van der Waals surface area contributed by atoms with E-state index in [-0.39, 0.29) is 0 Å². The Morgan fingerprint density at radius 3 is 2.84 bits per heavy atom. The van der Waals surface area contributed by atoms with Crippen LogP contribution in [0.4, 0.5) is 5.69 Å². The van der Waals surface area contributed by atoms with E-state index in [2.05, 4.69) is 17.2 Å². The molecule has 2 aromatic rings. The summed E-state index contributed by atoms with van der Waals surface area (Å²) < 4.78 is 0. The van der Waals surface area contributed by atoms with Crippen molar-refractivity contribution < 1.29 is 9.90 Å². The van der Waals surface area contributed by atoms with Crippen molar-refractivity contribution in [2.75, 3.05) is 5.32 Å². The monoisotopic (exact) mass is 276 g/mol. The Hall–Kier alpha value is -1.88. The molecule has 5 heteroatoms.